The molecule has 1 aliphatic heterocycles. The lowest BCUT2D eigenvalue weighted by Gasteiger charge is -2.45. The van der Waals surface area contributed by atoms with Crippen LogP contribution in [0, 0.1) is 0 Å². The number of anilines is 1. The molecule has 136 valence electrons. The minimum atomic E-state index is -0.259. The number of carbonyl (C=O) groups excluding carboxylic acids is 1. The molecule has 0 fully saturated rings. The molecule has 0 radical (unpaired) electrons. The molecule has 1 atom stereocenters. The Balaban J connectivity index is 1.73. The molecule has 0 aliphatic carbocycles. The summed E-state index contributed by atoms with van der Waals surface area (Å²) in [6.07, 6.45) is 2.78. The predicted molar refractivity (Wildman–Crippen MR) is 108 cm³/mol. The molecule has 0 saturated heterocycles. The van der Waals surface area contributed by atoms with Crippen molar-refractivity contribution in [2.24, 2.45) is 5.10 Å². The van der Waals surface area contributed by atoms with Gasteiger partial charge < -0.3 is 4.90 Å². The number of hydrogen-bond donors (Lipinski definition) is 1. The Morgan fingerprint density at radius 3 is 2.65 bits per heavy atom. The minimum absolute atomic E-state index is 0.147. The Hall–Kier alpha value is -2.33. The third-order valence-corrected chi connectivity index (χ3v) is 5.40. The van der Waals surface area contributed by atoms with Crippen molar-refractivity contribution >= 4 is 29.4 Å². The lowest BCUT2D eigenvalue weighted by molar-refractivity contribution is 0.0955. The first-order valence-corrected chi connectivity index (χ1v) is 9.12. The lowest BCUT2D eigenvalue weighted by Crippen LogP contribution is -2.45. The van der Waals surface area contributed by atoms with Gasteiger partial charge in [-0.1, -0.05) is 24.6 Å². The molecule has 0 spiro atoms. The normalized spacial score (nSPS) is 18.7. The second-order valence-electron chi connectivity index (χ2n) is 7.50. The van der Waals surface area contributed by atoms with Gasteiger partial charge in [0.15, 0.2) is 0 Å². The summed E-state index contributed by atoms with van der Waals surface area (Å²) in [5.74, 6) is 0.221. The van der Waals surface area contributed by atoms with Crippen LogP contribution in [0.15, 0.2) is 47.6 Å². The largest absolute Gasteiger partial charge is 0.369 e. The first-order chi connectivity index (χ1) is 12.3. The smallest absolute Gasteiger partial charge is 0.271 e. The van der Waals surface area contributed by atoms with Crippen LogP contribution in [-0.4, -0.2) is 24.7 Å². The zero-order chi connectivity index (χ0) is 18.9. The lowest BCUT2D eigenvalue weighted by atomic mass is 9.80. The maximum atomic E-state index is 12.1. The van der Waals surface area contributed by atoms with E-state index in [2.05, 4.69) is 55.4 Å². The molecule has 2 aromatic carbocycles. The van der Waals surface area contributed by atoms with E-state index >= 15 is 0 Å². The van der Waals surface area contributed by atoms with E-state index in [-0.39, 0.29) is 11.4 Å². The number of fused-ring (bicyclic) bond motifs is 1. The molecular weight excluding hydrogens is 346 g/mol. The number of nitrogens with one attached hydrogen (secondary N) is 1. The minimum Gasteiger partial charge on any atom is -0.369 e. The Bertz CT molecular complexity index is 843. The van der Waals surface area contributed by atoms with Crippen molar-refractivity contribution in [2.45, 2.75) is 38.6 Å². The first-order valence-electron chi connectivity index (χ1n) is 8.75. The van der Waals surface area contributed by atoms with E-state index in [0.29, 0.717) is 16.5 Å². The van der Waals surface area contributed by atoms with Crippen LogP contribution in [0.25, 0.3) is 0 Å². The van der Waals surface area contributed by atoms with Crippen molar-refractivity contribution in [1.82, 2.24) is 5.43 Å². The highest BCUT2D eigenvalue weighted by molar-refractivity contribution is 6.30. The fraction of sp³-hybridized carbons (Fsp3) is 0.333. The maximum Gasteiger partial charge on any atom is 0.271 e. The van der Waals surface area contributed by atoms with Crippen LogP contribution in [0.1, 0.15) is 54.6 Å². The summed E-state index contributed by atoms with van der Waals surface area (Å²) in [4.78, 5) is 14.4. The van der Waals surface area contributed by atoms with Crippen molar-refractivity contribution in [3.05, 3.63) is 64.2 Å². The standard InChI is InChI=1S/C21H24ClN3O/c1-14-12-21(2,3)25(4)19-10-5-15(11-18(14)19)13-23-24-20(26)16-6-8-17(22)9-7-16/h5-11,13-14H,12H2,1-4H3,(H,24,26)/b23-13-/t14-/m0/s1. The molecule has 26 heavy (non-hydrogen) atoms. The summed E-state index contributed by atoms with van der Waals surface area (Å²) < 4.78 is 0. The molecule has 0 aromatic heterocycles. The van der Waals surface area contributed by atoms with Crippen LogP contribution in [0.3, 0.4) is 0 Å². The van der Waals surface area contributed by atoms with Gasteiger partial charge in [-0.2, -0.15) is 5.10 Å². The van der Waals surface area contributed by atoms with Gasteiger partial charge in [0.05, 0.1) is 6.21 Å². The van der Waals surface area contributed by atoms with Crippen LogP contribution in [-0.2, 0) is 0 Å². The van der Waals surface area contributed by atoms with Crippen molar-refractivity contribution in [1.29, 1.82) is 0 Å². The number of carbonyl (C=O) groups is 1. The number of rotatable bonds is 3. The van der Waals surface area contributed by atoms with Gasteiger partial charge in [0.25, 0.3) is 5.91 Å². The second kappa shape index (κ2) is 7.12. The molecule has 1 N–H and O–H groups in total. The summed E-state index contributed by atoms with van der Waals surface area (Å²) in [7, 11) is 2.14. The van der Waals surface area contributed by atoms with Crippen LogP contribution < -0.4 is 10.3 Å². The molecule has 0 bridgehead atoms. The Labute approximate surface area is 159 Å². The number of halogens is 1. The zero-order valence-corrected chi connectivity index (χ0v) is 16.3. The van der Waals surface area contributed by atoms with Gasteiger partial charge in [-0.15, -0.1) is 0 Å². The van der Waals surface area contributed by atoms with Crippen LogP contribution in [0.5, 0.6) is 0 Å². The summed E-state index contributed by atoms with van der Waals surface area (Å²) in [6, 6.07) is 13.0. The van der Waals surface area contributed by atoms with Crippen molar-refractivity contribution < 1.29 is 4.79 Å². The van der Waals surface area contributed by atoms with Gasteiger partial charge in [-0.05, 0) is 73.7 Å². The molecule has 1 heterocycles. The highest BCUT2D eigenvalue weighted by atomic mass is 35.5. The average molecular weight is 370 g/mol. The quantitative estimate of drug-likeness (QED) is 0.622. The molecule has 0 unspecified atom stereocenters. The molecule has 5 heteroatoms. The van der Waals surface area contributed by atoms with Gasteiger partial charge in [-0.3, -0.25) is 4.79 Å². The highest BCUT2D eigenvalue weighted by Gasteiger charge is 2.33. The fourth-order valence-electron chi connectivity index (χ4n) is 3.51. The summed E-state index contributed by atoms with van der Waals surface area (Å²) in [6.45, 7) is 6.80. The SMILES string of the molecule is C[C@H]1CC(C)(C)N(C)c2ccc(/C=N\NC(=O)c3ccc(Cl)cc3)cc21. The third-order valence-electron chi connectivity index (χ3n) is 5.14. The molecular formula is C21H24ClN3O. The molecule has 0 saturated carbocycles. The molecule has 2 aromatic rings. The van der Waals surface area contributed by atoms with E-state index in [1.54, 1.807) is 30.5 Å². The van der Waals surface area contributed by atoms with Crippen molar-refractivity contribution in [3.63, 3.8) is 0 Å². The number of benzene rings is 2. The number of hydrazone groups is 1. The maximum absolute atomic E-state index is 12.1. The van der Waals surface area contributed by atoms with E-state index in [0.717, 1.165) is 12.0 Å². The summed E-state index contributed by atoms with van der Waals surface area (Å²) in [5, 5.41) is 4.69. The fourth-order valence-corrected chi connectivity index (χ4v) is 3.63. The molecule has 1 amide bonds. The van der Waals surface area contributed by atoms with Crippen LogP contribution in [0.4, 0.5) is 5.69 Å². The van der Waals surface area contributed by atoms with E-state index in [4.69, 9.17) is 11.6 Å². The highest BCUT2D eigenvalue weighted by Crippen LogP contribution is 2.42. The third kappa shape index (κ3) is 3.75. The monoisotopic (exact) mass is 369 g/mol. The van der Waals surface area contributed by atoms with Gasteiger partial charge in [0, 0.05) is 28.9 Å². The topological polar surface area (TPSA) is 44.7 Å². The van der Waals surface area contributed by atoms with E-state index < -0.39 is 0 Å². The van der Waals surface area contributed by atoms with E-state index in [1.807, 2.05) is 6.07 Å². The van der Waals surface area contributed by atoms with Crippen LogP contribution in [0.2, 0.25) is 5.02 Å². The first kappa shape index (κ1) is 18.5. The number of nitrogens with zero attached hydrogens (tertiary/aromatic N) is 2. The van der Waals surface area contributed by atoms with Gasteiger partial charge in [0.2, 0.25) is 0 Å². The zero-order valence-electron chi connectivity index (χ0n) is 15.6. The van der Waals surface area contributed by atoms with E-state index in [1.165, 1.54) is 11.3 Å². The Morgan fingerprint density at radius 2 is 1.96 bits per heavy atom. The van der Waals surface area contributed by atoms with Gasteiger partial charge >= 0.3 is 0 Å². The Kier molecular flexibility index (Phi) is 5.05. The molecule has 3 rings (SSSR count). The van der Waals surface area contributed by atoms with Gasteiger partial charge in [-0.25, -0.2) is 5.43 Å². The number of amides is 1. The average Bonchev–Trinajstić information content (AvgIpc) is 2.60. The van der Waals surface area contributed by atoms with Crippen LogP contribution >= 0.6 is 11.6 Å². The summed E-state index contributed by atoms with van der Waals surface area (Å²) in [5.41, 5.74) is 6.78. The molecule has 1 aliphatic rings. The van der Waals surface area contributed by atoms with Crippen molar-refractivity contribution in [3.8, 4) is 0 Å². The Morgan fingerprint density at radius 1 is 1.27 bits per heavy atom. The predicted octanol–water partition coefficient (Wildman–Crippen LogP) is 4.83. The van der Waals surface area contributed by atoms with Crippen molar-refractivity contribution in [2.75, 3.05) is 11.9 Å². The number of hydrogen-bond acceptors (Lipinski definition) is 3. The summed E-state index contributed by atoms with van der Waals surface area (Å²) >= 11 is 5.83. The van der Waals surface area contributed by atoms with Gasteiger partial charge in [0.1, 0.15) is 0 Å². The van der Waals surface area contributed by atoms with E-state index in [9.17, 15) is 4.79 Å². The molecule has 4 nitrogen and oxygen atoms in total. The second-order valence-corrected chi connectivity index (χ2v) is 7.94.